The Morgan fingerprint density at radius 1 is 1.22 bits per heavy atom. The van der Waals surface area contributed by atoms with Crippen LogP contribution < -0.4 is 0 Å². The Kier molecular flexibility index (Phi) is 4.22. The quantitative estimate of drug-likeness (QED) is 0.856. The summed E-state index contributed by atoms with van der Waals surface area (Å²) in [7, 11) is 0. The first-order valence-corrected chi connectivity index (χ1v) is 6.76. The molecule has 0 spiro atoms. The summed E-state index contributed by atoms with van der Waals surface area (Å²) < 4.78 is 40.7. The molecule has 0 fully saturated rings. The SMILES string of the molecule is O=C(OC1=COCO1)c1cc(CCc2cc(F)cc(F)c2)[nH]n1. The standard InChI is InChI=1S/C15H12F2N2O4/c16-10-3-9(4-11(17)5-10)1-2-12-6-13(19-18-12)15(20)23-14-7-21-8-22-14/h3-7H,1-2,8H2,(H,18,19). The maximum absolute atomic E-state index is 13.1. The zero-order valence-electron chi connectivity index (χ0n) is 11.8. The van der Waals surface area contributed by atoms with Crippen molar-refractivity contribution in [3.8, 4) is 0 Å². The number of carbonyl (C=O) groups is 1. The fourth-order valence-electron chi connectivity index (χ4n) is 2.05. The van der Waals surface area contributed by atoms with Crippen molar-refractivity contribution in [3.05, 3.63) is 65.1 Å². The molecule has 0 radical (unpaired) electrons. The maximum atomic E-state index is 13.1. The smallest absolute Gasteiger partial charge is 0.366 e. The molecule has 1 aromatic heterocycles. The molecule has 3 rings (SSSR count). The van der Waals surface area contributed by atoms with Gasteiger partial charge >= 0.3 is 11.9 Å². The first kappa shape index (κ1) is 15.0. The van der Waals surface area contributed by atoms with Crippen molar-refractivity contribution in [3.63, 3.8) is 0 Å². The lowest BCUT2D eigenvalue weighted by atomic mass is 10.1. The molecule has 23 heavy (non-hydrogen) atoms. The van der Waals surface area contributed by atoms with E-state index in [1.165, 1.54) is 24.5 Å². The molecule has 1 aromatic carbocycles. The van der Waals surface area contributed by atoms with Crippen LogP contribution in [0.15, 0.2) is 36.5 Å². The third-order valence-corrected chi connectivity index (χ3v) is 3.09. The van der Waals surface area contributed by atoms with Crippen LogP contribution in [0.2, 0.25) is 0 Å². The first-order chi connectivity index (χ1) is 11.1. The molecular formula is C15H12F2N2O4. The molecule has 0 bridgehead atoms. The van der Waals surface area contributed by atoms with Crippen molar-refractivity contribution in [1.29, 1.82) is 0 Å². The van der Waals surface area contributed by atoms with Gasteiger partial charge in [-0.05, 0) is 36.6 Å². The zero-order chi connectivity index (χ0) is 16.2. The topological polar surface area (TPSA) is 73.4 Å². The van der Waals surface area contributed by atoms with Gasteiger partial charge in [-0.2, -0.15) is 5.10 Å². The Morgan fingerprint density at radius 3 is 2.70 bits per heavy atom. The molecule has 8 heteroatoms. The fourth-order valence-corrected chi connectivity index (χ4v) is 2.05. The Balaban J connectivity index is 1.59. The second-order valence-corrected chi connectivity index (χ2v) is 4.81. The van der Waals surface area contributed by atoms with Crippen molar-refractivity contribution in [2.24, 2.45) is 0 Å². The largest absolute Gasteiger partial charge is 0.458 e. The monoisotopic (exact) mass is 322 g/mol. The molecule has 2 aromatic rings. The number of halogens is 2. The van der Waals surface area contributed by atoms with E-state index in [0.29, 0.717) is 24.1 Å². The molecule has 120 valence electrons. The van der Waals surface area contributed by atoms with E-state index in [1.807, 2.05) is 0 Å². The van der Waals surface area contributed by atoms with E-state index in [-0.39, 0.29) is 18.4 Å². The highest BCUT2D eigenvalue weighted by atomic mass is 19.1. The lowest BCUT2D eigenvalue weighted by molar-refractivity contribution is 0.0102. The number of nitrogens with one attached hydrogen (secondary N) is 1. The van der Waals surface area contributed by atoms with Crippen LogP contribution >= 0.6 is 0 Å². The van der Waals surface area contributed by atoms with Crippen LogP contribution in [0.4, 0.5) is 8.78 Å². The second kappa shape index (κ2) is 6.47. The van der Waals surface area contributed by atoms with Crippen LogP contribution in [0, 0.1) is 11.6 Å². The molecule has 0 unspecified atom stereocenters. The molecular weight excluding hydrogens is 310 g/mol. The Morgan fingerprint density at radius 2 is 2.00 bits per heavy atom. The highest BCUT2D eigenvalue weighted by Gasteiger charge is 2.18. The minimum atomic E-state index is -0.693. The van der Waals surface area contributed by atoms with Gasteiger partial charge < -0.3 is 14.2 Å². The van der Waals surface area contributed by atoms with E-state index in [0.717, 1.165) is 6.07 Å². The Bertz CT molecular complexity index is 737. The number of esters is 1. The Labute approximate surface area is 129 Å². The van der Waals surface area contributed by atoms with Gasteiger partial charge in [0.2, 0.25) is 6.79 Å². The number of hydrogen-bond acceptors (Lipinski definition) is 5. The van der Waals surface area contributed by atoms with Gasteiger partial charge in [0.05, 0.1) is 0 Å². The molecule has 6 nitrogen and oxygen atoms in total. The summed E-state index contributed by atoms with van der Waals surface area (Å²) in [6.07, 6.45) is 2.02. The average Bonchev–Trinajstić information content (AvgIpc) is 3.15. The number of aryl methyl sites for hydroxylation is 2. The van der Waals surface area contributed by atoms with E-state index >= 15 is 0 Å². The van der Waals surface area contributed by atoms with Crippen LogP contribution in [0.1, 0.15) is 21.7 Å². The number of H-pyrrole nitrogens is 1. The van der Waals surface area contributed by atoms with Crippen LogP contribution in [0.3, 0.4) is 0 Å². The summed E-state index contributed by atoms with van der Waals surface area (Å²) in [6, 6.07) is 4.85. The number of carbonyl (C=O) groups excluding carboxylic acids is 1. The van der Waals surface area contributed by atoms with Gasteiger partial charge in [-0.25, -0.2) is 13.6 Å². The molecule has 0 aliphatic carbocycles. The third kappa shape index (κ3) is 3.85. The molecule has 0 amide bonds. The second-order valence-electron chi connectivity index (χ2n) is 4.81. The summed E-state index contributed by atoms with van der Waals surface area (Å²) in [5.74, 6) is -1.97. The van der Waals surface area contributed by atoms with Gasteiger partial charge in [0.1, 0.15) is 11.6 Å². The summed E-state index contributed by atoms with van der Waals surface area (Å²) in [5, 5.41) is 6.52. The van der Waals surface area contributed by atoms with Crippen molar-refractivity contribution >= 4 is 5.97 Å². The number of ether oxygens (including phenoxy) is 3. The summed E-state index contributed by atoms with van der Waals surface area (Å²) in [5.41, 5.74) is 1.23. The fraction of sp³-hybridized carbons (Fsp3) is 0.200. The van der Waals surface area contributed by atoms with Crippen molar-refractivity contribution in [2.75, 3.05) is 6.79 Å². The lowest BCUT2D eigenvalue weighted by Crippen LogP contribution is -2.05. The first-order valence-electron chi connectivity index (χ1n) is 6.76. The number of hydrogen-bond donors (Lipinski definition) is 1. The van der Waals surface area contributed by atoms with Gasteiger partial charge in [0.25, 0.3) is 0 Å². The van der Waals surface area contributed by atoms with E-state index < -0.39 is 17.6 Å². The summed E-state index contributed by atoms with van der Waals surface area (Å²) >= 11 is 0. The van der Waals surface area contributed by atoms with Gasteiger partial charge in [0, 0.05) is 11.8 Å². The van der Waals surface area contributed by atoms with Crippen molar-refractivity contribution in [2.45, 2.75) is 12.8 Å². The summed E-state index contributed by atoms with van der Waals surface area (Å²) in [4.78, 5) is 11.8. The van der Waals surface area contributed by atoms with E-state index in [1.54, 1.807) is 0 Å². The molecule has 0 atom stereocenters. The highest BCUT2D eigenvalue weighted by Crippen LogP contribution is 2.13. The molecule has 1 aliphatic heterocycles. The Hall–Kier alpha value is -2.90. The van der Waals surface area contributed by atoms with Gasteiger partial charge in [-0.1, -0.05) is 0 Å². The minimum absolute atomic E-state index is 0.00137. The molecule has 0 saturated heterocycles. The lowest BCUT2D eigenvalue weighted by Gasteiger charge is -2.01. The van der Waals surface area contributed by atoms with E-state index in [9.17, 15) is 13.6 Å². The maximum Gasteiger partial charge on any atom is 0.366 e. The third-order valence-electron chi connectivity index (χ3n) is 3.09. The van der Waals surface area contributed by atoms with Crippen LogP contribution in [0.25, 0.3) is 0 Å². The number of benzene rings is 1. The molecule has 0 saturated carbocycles. The molecule has 2 heterocycles. The number of aromatic amines is 1. The van der Waals surface area contributed by atoms with E-state index in [4.69, 9.17) is 14.2 Å². The average molecular weight is 322 g/mol. The van der Waals surface area contributed by atoms with Gasteiger partial charge in [0.15, 0.2) is 12.0 Å². The number of aromatic nitrogens is 2. The summed E-state index contributed by atoms with van der Waals surface area (Å²) in [6.45, 7) is -0.00137. The van der Waals surface area contributed by atoms with Crippen molar-refractivity contribution < 1.29 is 27.8 Å². The molecule has 1 N–H and O–H groups in total. The zero-order valence-corrected chi connectivity index (χ0v) is 11.8. The number of nitrogens with zero attached hydrogens (tertiary/aromatic N) is 1. The normalized spacial score (nSPS) is 13.2. The van der Waals surface area contributed by atoms with Crippen LogP contribution in [-0.4, -0.2) is 23.0 Å². The predicted octanol–water partition coefficient (Wildman–Crippen LogP) is 2.43. The van der Waals surface area contributed by atoms with Gasteiger partial charge in [-0.15, -0.1) is 0 Å². The van der Waals surface area contributed by atoms with E-state index in [2.05, 4.69) is 10.2 Å². The van der Waals surface area contributed by atoms with Crippen LogP contribution in [-0.2, 0) is 27.1 Å². The minimum Gasteiger partial charge on any atom is -0.458 e. The molecule has 1 aliphatic rings. The van der Waals surface area contributed by atoms with Crippen LogP contribution in [0.5, 0.6) is 0 Å². The van der Waals surface area contributed by atoms with Crippen molar-refractivity contribution in [1.82, 2.24) is 10.2 Å². The predicted molar refractivity (Wildman–Crippen MR) is 72.9 cm³/mol. The highest BCUT2D eigenvalue weighted by molar-refractivity contribution is 5.87. The number of rotatable bonds is 5. The van der Waals surface area contributed by atoms with Gasteiger partial charge in [-0.3, -0.25) is 5.10 Å².